The SMILES string of the molecule is CN(CCCC(=O)O)C(=O)[C@@H]1OCC[C@@H]1CNC(=O)OCC1c2ccccc2-c2ccccc21. The van der Waals surface area contributed by atoms with E-state index in [4.69, 9.17) is 14.6 Å². The average Bonchev–Trinajstić information content (AvgIpc) is 3.43. The van der Waals surface area contributed by atoms with Crippen LogP contribution in [0.15, 0.2) is 48.5 Å². The molecule has 34 heavy (non-hydrogen) atoms. The lowest BCUT2D eigenvalue weighted by atomic mass is 9.98. The minimum Gasteiger partial charge on any atom is -0.481 e. The third kappa shape index (κ3) is 5.22. The first-order chi connectivity index (χ1) is 16.5. The fourth-order valence-electron chi connectivity index (χ4n) is 4.77. The van der Waals surface area contributed by atoms with Crippen LogP contribution in [0.5, 0.6) is 0 Å². The first-order valence-corrected chi connectivity index (χ1v) is 11.6. The lowest BCUT2D eigenvalue weighted by Gasteiger charge is -2.24. The number of hydrogen-bond acceptors (Lipinski definition) is 5. The molecule has 0 spiro atoms. The molecule has 0 radical (unpaired) electrons. The summed E-state index contributed by atoms with van der Waals surface area (Å²) in [5.74, 6) is -1.25. The van der Waals surface area contributed by atoms with Crippen LogP contribution >= 0.6 is 0 Å². The van der Waals surface area contributed by atoms with Gasteiger partial charge in [-0.3, -0.25) is 9.59 Å². The number of nitrogens with zero attached hydrogens (tertiary/aromatic N) is 1. The Morgan fingerprint density at radius 2 is 1.74 bits per heavy atom. The van der Waals surface area contributed by atoms with Crippen molar-refractivity contribution in [2.75, 3.05) is 33.4 Å². The van der Waals surface area contributed by atoms with Crippen molar-refractivity contribution in [3.8, 4) is 11.1 Å². The van der Waals surface area contributed by atoms with Crippen LogP contribution in [0.4, 0.5) is 4.79 Å². The number of benzene rings is 2. The first-order valence-electron chi connectivity index (χ1n) is 11.6. The molecule has 0 saturated carbocycles. The van der Waals surface area contributed by atoms with Crippen LogP contribution < -0.4 is 5.32 Å². The number of amides is 2. The molecule has 1 fully saturated rings. The number of fused-ring (bicyclic) bond motifs is 3. The van der Waals surface area contributed by atoms with Crippen molar-refractivity contribution >= 4 is 18.0 Å². The maximum absolute atomic E-state index is 12.7. The van der Waals surface area contributed by atoms with Gasteiger partial charge in [-0.1, -0.05) is 48.5 Å². The highest BCUT2D eigenvalue weighted by Crippen LogP contribution is 2.44. The zero-order chi connectivity index (χ0) is 24.1. The van der Waals surface area contributed by atoms with Gasteiger partial charge in [-0.05, 0) is 35.1 Å². The molecule has 8 nitrogen and oxygen atoms in total. The fourth-order valence-corrected chi connectivity index (χ4v) is 4.77. The van der Waals surface area contributed by atoms with Crippen LogP contribution in [0.25, 0.3) is 11.1 Å². The van der Waals surface area contributed by atoms with E-state index in [-0.39, 0.29) is 37.3 Å². The highest BCUT2D eigenvalue weighted by Gasteiger charge is 2.36. The number of carbonyl (C=O) groups is 3. The quantitative estimate of drug-likeness (QED) is 0.588. The van der Waals surface area contributed by atoms with Gasteiger partial charge in [0.05, 0.1) is 0 Å². The largest absolute Gasteiger partial charge is 0.481 e. The number of nitrogens with one attached hydrogen (secondary N) is 1. The average molecular weight is 467 g/mol. The number of hydrogen-bond donors (Lipinski definition) is 2. The van der Waals surface area contributed by atoms with Gasteiger partial charge in [0.2, 0.25) is 0 Å². The van der Waals surface area contributed by atoms with Crippen molar-refractivity contribution in [2.24, 2.45) is 5.92 Å². The van der Waals surface area contributed by atoms with Crippen molar-refractivity contribution < 1.29 is 29.0 Å². The molecule has 2 N–H and O–H groups in total. The Hall–Kier alpha value is -3.39. The van der Waals surface area contributed by atoms with Gasteiger partial charge in [-0.2, -0.15) is 0 Å². The van der Waals surface area contributed by atoms with Crippen molar-refractivity contribution in [1.82, 2.24) is 10.2 Å². The molecule has 2 aromatic rings. The molecule has 0 unspecified atom stereocenters. The van der Waals surface area contributed by atoms with E-state index in [9.17, 15) is 14.4 Å². The van der Waals surface area contributed by atoms with Crippen LogP contribution in [0.1, 0.15) is 36.3 Å². The zero-order valence-corrected chi connectivity index (χ0v) is 19.2. The van der Waals surface area contributed by atoms with Gasteiger partial charge >= 0.3 is 12.1 Å². The van der Waals surface area contributed by atoms with E-state index in [1.165, 1.54) is 16.0 Å². The smallest absolute Gasteiger partial charge is 0.407 e. The number of alkyl carbamates (subject to hydrolysis) is 1. The van der Waals surface area contributed by atoms with Gasteiger partial charge in [-0.15, -0.1) is 0 Å². The van der Waals surface area contributed by atoms with E-state index in [1.54, 1.807) is 7.05 Å². The molecule has 180 valence electrons. The molecule has 1 aliphatic heterocycles. The van der Waals surface area contributed by atoms with Crippen LogP contribution in [-0.4, -0.2) is 67.4 Å². The third-order valence-electron chi connectivity index (χ3n) is 6.57. The lowest BCUT2D eigenvalue weighted by Crippen LogP contribution is -2.43. The molecule has 1 heterocycles. The Morgan fingerprint density at radius 3 is 2.38 bits per heavy atom. The van der Waals surface area contributed by atoms with E-state index in [2.05, 4.69) is 29.6 Å². The molecule has 2 aromatic carbocycles. The van der Waals surface area contributed by atoms with Gasteiger partial charge in [0, 0.05) is 45.0 Å². The summed E-state index contributed by atoms with van der Waals surface area (Å²) in [4.78, 5) is 37.4. The van der Waals surface area contributed by atoms with Crippen LogP contribution in [0.3, 0.4) is 0 Å². The lowest BCUT2D eigenvalue weighted by molar-refractivity contribution is -0.142. The zero-order valence-electron chi connectivity index (χ0n) is 19.2. The number of ether oxygens (including phenoxy) is 2. The summed E-state index contributed by atoms with van der Waals surface area (Å²) in [5, 5.41) is 11.6. The van der Waals surface area contributed by atoms with Gasteiger partial charge in [0.15, 0.2) is 0 Å². The number of aliphatic carboxylic acids is 1. The van der Waals surface area contributed by atoms with Gasteiger partial charge < -0.3 is 24.8 Å². The highest BCUT2D eigenvalue weighted by atomic mass is 16.5. The Kier molecular flexibility index (Phi) is 7.47. The fraction of sp³-hybridized carbons (Fsp3) is 0.423. The molecule has 1 aliphatic carbocycles. The number of carboxylic acids is 1. The van der Waals surface area contributed by atoms with Gasteiger partial charge in [-0.25, -0.2) is 4.79 Å². The van der Waals surface area contributed by atoms with Crippen molar-refractivity contribution in [3.63, 3.8) is 0 Å². The van der Waals surface area contributed by atoms with E-state index >= 15 is 0 Å². The first kappa shape index (κ1) is 23.8. The normalized spacial score (nSPS) is 18.7. The van der Waals surface area contributed by atoms with E-state index in [0.29, 0.717) is 26.0 Å². The monoisotopic (exact) mass is 466 g/mol. The molecular weight excluding hydrogens is 436 g/mol. The Labute approximate surface area is 198 Å². The summed E-state index contributed by atoms with van der Waals surface area (Å²) in [6.45, 7) is 1.29. The van der Waals surface area contributed by atoms with Gasteiger partial charge in [0.25, 0.3) is 5.91 Å². The summed E-state index contributed by atoms with van der Waals surface area (Å²) < 4.78 is 11.2. The summed E-state index contributed by atoms with van der Waals surface area (Å²) in [6.07, 6.45) is -0.121. The predicted octanol–water partition coefficient (Wildman–Crippen LogP) is 3.25. The second-order valence-electron chi connectivity index (χ2n) is 8.80. The van der Waals surface area contributed by atoms with E-state index < -0.39 is 18.2 Å². The van der Waals surface area contributed by atoms with Crippen LogP contribution in [0, 0.1) is 5.92 Å². The van der Waals surface area contributed by atoms with Crippen molar-refractivity contribution in [2.45, 2.75) is 31.3 Å². The van der Waals surface area contributed by atoms with Crippen LogP contribution in [-0.2, 0) is 19.1 Å². The Bertz CT molecular complexity index is 1010. The summed E-state index contributed by atoms with van der Waals surface area (Å²) >= 11 is 0. The Morgan fingerprint density at radius 1 is 1.09 bits per heavy atom. The predicted molar refractivity (Wildman–Crippen MR) is 125 cm³/mol. The molecule has 2 atom stereocenters. The molecule has 2 aliphatic rings. The summed E-state index contributed by atoms with van der Waals surface area (Å²) in [6, 6.07) is 16.3. The van der Waals surface area contributed by atoms with Crippen LogP contribution in [0.2, 0.25) is 0 Å². The maximum Gasteiger partial charge on any atom is 0.407 e. The highest BCUT2D eigenvalue weighted by molar-refractivity contribution is 5.81. The van der Waals surface area contributed by atoms with E-state index in [0.717, 1.165) is 11.1 Å². The molecule has 0 bridgehead atoms. The second kappa shape index (κ2) is 10.7. The molecule has 0 aromatic heterocycles. The van der Waals surface area contributed by atoms with E-state index in [1.807, 2.05) is 24.3 Å². The molecule has 1 saturated heterocycles. The Balaban J connectivity index is 1.28. The number of rotatable bonds is 9. The molecule has 8 heteroatoms. The second-order valence-corrected chi connectivity index (χ2v) is 8.80. The number of likely N-dealkylation sites (N-methyl/N-ethyl adjacent to an activating group) is 1. The maximum atomic E-state index is 12.7. The minimum atomic E-state index is -0.886. The molecule has 2 amide bonds. The number of carboxylic acid groups (broad SMARTS) is 1. The minimum absolute atomic E-state index is 0.00983. The van der Waals surface area contributed by atoms with Crippen molar-refractivity contribution in [1.29, 1.82) is 0 Å². The van der Waals surface area contributed by atoms with Crippen molar-refractivity contribution in [3.05, 3.63) is 59.7 Å². The molecule has 4 rings (SSSR count). The summed E-state index contributed by atoms with van der Waals surface area (Å²) in [7, 11) is 1.64. The topological polar surface area (TPSA) is 105 Å². The summed E-state index contributed by atoms with van der Waals surface area (Å²) in [5.41, 5.74) is 4.64. The third-order valence-corrected chi connectivity index (χ3v) is 6.57. The standard InChI is InChI=1S/C26H30N2O6/c1-28(13-6-11-23(29)30)25(31)24-17(12-14-33-24)15-27-26(32)34-16-22-20-9-4-2-7-18(20)19-8-3-5-10-21(19)22/h2-5,7-10,17,22,24H,6,11-16H2,1H3,(H,27,32)(H,29,30)/t17-,24-/m1/s1. The molecular formula is C26H30N2O6. The van der Waals surface area contributed by atoms with Gasteiger partial charge in [0.1, 0.15) is 12.7 Å². The number of carbonyl (C=O) groups excluding carboxylic acids is 2.